The molecule has 1 aliphatic rings. The van der Waals surface area contributed by atoms with Crippen LogP contribution in [0, 0.1) is 5.92 Å². The molecule has 1 saturated carbocycles. The monoisotopic (exact) mass is 269 g/mol. The molecule has 0 heterocycles. The van der Waals surface area contributed by atoms with Crippen molar-refractivity contribution in [2.24, 2.45) is 5.92 Å². The van der Waals surface area contributed by atoms with E-state index in [2.05, 4.69) is 0 Å². The average molecular weight is 269 g/mol. The van der Waals surface area contributed by atoms with Crippen molar-refractivity contribution in [3.05, 3.63) is 0 Å². The molecule has 0 N–H and O–H groups in total. The Kier molecular flexibility index (Phi) is 6.89. The lowest BCUT2D eigenvalue weighted by molar-refractivity contribution is -0.147. The Balaban J connectivity index is 2.70. The van der Waals surface area contributed by atoms with Gasteiger partial charge in [-0.3, -0.25) is 9.59 Å². The van der Waals surface area contributed by atoms with Gasteiger partial charge >= 0.3 is 5.97 Å². The van der Waals surface area contributed by atoms with Gasteiger partial charge in [0.2, 0.25) is 5.91 Å². The summed E-state index contributed by atoms with van der Waals surface area (Å²) in [7, 11) is 1.40. The second kappa shape index (κ2) is 8.18. The lowest BCUT2D eigenvalue weighted by Crippen LogP contribution is -2.43. The van der Waals surface area contributed by atoms with Gasteiger partial charge < -0.3 is 9.64 Å². The van der Waals surface area contributed by atoms with Crippen LogP contribution in [0.3, 0.4) is 0 Å². The predicted octanol–water partition coefficient (Wildman–Crippen LogP) is 2.76. The second-order valence-corrected chi connectivity index (χ2v) is 5.47. The van der Waals surface area contributed by atoms with E-state index in [1.54, 1.807) is 0 Å². The topological polar surface area (TPSA) is 46.6 Å². The van der Waals surface area contributed by atoms with Crippen LogP contribution in [-0.2, 0) is 14.3 Å². The fourth-order valence-corrected chi connectivity index (χ4v) is 2.80. The number of hydrogen-bond donors (Lipinski definition) is 0. The minimum Gasteiger partial charge on any atom is -0.469 e. The first-order valence-electron chi connectivity index (χ1n) is 7.47. The summed E-state index contributed by atoms with van der Waals surface area (Å²) in [5.41, 5.74) is 0. The zero-order chi connectivity index (χ0) is 14.3. The quantitative estimate of drug-likeness (QED) is 0.569. The van der Waals surface area contributed by atoms with Crippen molar-refractivity contribution in [2.45, 2.75) is 64.8 Å². The third kappa shape index (κ3) is 4.84. The molecule has 0 spiro atoms. The number of hydrogen-bond acceptors (Lipinski definition) is 3. The number of esters is 1. The van der Waals surface area contributed by atoms with E-state index in [1.165, 1.54) is 32.8 Å². The van der Waals surface area contributed by atoms with Gasteiger partial charge in [0.15, 0.2) is 0 Å². The maximum absolute atomic E-state index is 12.1. The van der Waals surface area contributed by atoms with Crippen LogP contribution < -0.4 is 0 Å². The summed E-state index contributed by atoms with van der Waals surface area (Å²) < 4.78 is 4.76. The number of amides is 1. The number of methoxy groups -OCH3 is 1. The summed E-state index contributed by atoms with van der Waals surface area (Å²) in [6, 6.07) is 0.307. The van der Waals surface area contributed by atoms with Gasteiger partial charge in [0.25, 0.3) is 0 Å². The molecule has 1 atom stereocenters. The van der Waals surface area contributed by atoms with Crippen LogP contribution in [0.4, 0.5) is 0 Å². The van der Waals surface area contributed by atoms with Crippen molar-refractivity contribution in [1.29, 1.82) is 0 Å². The molecular formula is C15H27NO3. The number of nitrogens with zero attached hydrogens (tertiary/aromatic N) is 1. The highest BCUT2D eigenvalue weighted by Gasteiger charge is 2.27. The molecule has 0 aromatic heterocycles. The van der Waals surface area contributed by atoms with E-state index in [4.69, 9.17) is 4.74 Å². The molecule has 1 fully saturated rings. The maximum Gasteiger partial charge on any atom is 0.310 e. The highest BCUT2D eigenvalue weighted by atomic mass is 16.5. The summed E-state index contributed by atoms with van der Waals surface area (Å²) in [5.74, 6) is -0.325. The minimum absolute atomic E-state index is 0.155. The Morgan fingerprint density at radius 2 is 1.79 bits per heavy atom. The normalized spacial score (nSPS) is 18.5. The fourth-order valence-electron chi connectivity index (χ4n) is 2.80. The molecule has 0 radical (unpaired) electrons. The summed E-state index contributed by atoms with van der Waals surface area (Å²) in [6.07, 6.45) is 7.54. The number of ether oxygens (including phenoxy) is 1. The molecule has 19 heavy (non-hydrogen) atoms. The van der Waals surface area contributed by atoms with Crippen LogP contribution in [0.2, 0.25) is 0 Å². The van der Waals surface area contributed by atoms with Gasteiger partial charge in [-0.1, -0.05) is 39.5 Å². The summed E-state index contributed by atoms with van der Waals surface area (Å²) >= 11 is 0. The molecule has 0 saturated heterocycles. The van der Waals surface area contributed by atoms with Gasteiger partial charge in [-0.2, -0.15) is 0 Å². The van der Waals surface area contributed by atoms with Crippen LogP contribution in [0.25, 0.3) is 0 Å². The molecule has 0 aromatic carbocycles. The zero-order valence-corrected chi connectivity index (χ0v) is 12.5. The third-order valence-electron chi connectivity index (χ3n) is 3.96. The first kappa shape index (κ1) is 16.0. The lowest BCUT2D eigenvalue weighted by atomic mass is 10.0. The Labute approximate surface area is 116 Å². The lowest BCUT2D eigenvalue weighted by Gasteiger charge is -2.32. The van der Waals surface area contributed by atoms with Gasteiger partial charge in [-0.25, -0.2) is 0 Å². The summed E-state index contributed by atoms with van der Waals surface area (Å²) in [5, 5.41) is 0. The van der Waals surface area contributed by atoms with Gasteiger partial charge in [-0.15, -0.1) is 0 Å². The van der Waals surface area contributed by atoms with E-state index >= 15 is 0 Å². The van der Waals surface area contributed by atoms with Crippen LogP contribution in [0.5, 0.6) is 0 Å². The van der Waals surface area contributed by atoms with Crippen molar-refractivity contribution in [3.63, 3.8) is 0 Å². The van der Waals surface area contributed by atoms with E-state index in [0.29, 0.717) is 19.0 Å². The Morgan fingerprint density at radius 3 is 2.26 bits per heavy atom. The number of rotatable bonds is 5. The van der Waals surface area contributed by atoms with E-state index in [0.717, 1.165) is 12.8 Å². The van der Waals surface area contributed by atoms with Gasteiger partial charge in [-0.05, 0) is 12.8 Å². The highest BCUT2D eigenvalue weighted by Crippen LogP contribution is 2.23. The van der Waals surface area contributed by atoms with E-state index in [9.17, 15) is 9.59 Å². The molecule has 110 valence electrons. The molecule has 0 bridgehead atoms. The fraction of sp³-hybridized carbons (Fsp3) is 0.867. The smallest absolute Gasteiger partial charge is 0.310 e. The molecule has 0 aromatic rings. The molecule has 1 aliphatic carbocycles. The van der Waals surface area contributed by atoms with Gasteiger partial charge in [0.1, 0.15) is 0 Å². The Hall–Kier alpha value is -1.06. The van der Waals surface area contributed by atoms with E-state index < -0.39 is 0 Å². The number of carbonyl (C=O) groups is 2. The van der Waals surface area contributed by atoms with Crippen molar-refractivity contribution >= 4 is 11.9 Å². The molecular weight excluding hydrogens is 242 g/mol. The molecule has 4 nitrogen and oxygen atoms in total. The summed E-state index contributed by atoms with van der Waals surface area (Å²) in [6.45, 7) is 4.21. The largest absolute Gasteiger partial charge is 0.469 e. The maximum atomic E-state index is 12.1. The third-order valence-corrected chi connectivity index (χ3v) is 3.96. The average Bonchev–Trinajstić information content (AvgIpc) is 2.71. The van der Waals surface area contributed by atoms with Crippen LogP contribution in [0.15, 0.2) is 0 Å². The number of carbonyl (C=O) groups excluding carboxylic acids is 2. The molecule has 4 heteroatoms. The van der Waals surface area contributed by atoms with Crippen molar-refractivity contribution in [2.75, 3.05) is 13.7 Å². The Bertz CT molecular complexity index is 296. The van der Waals surface area contributed by atoms with Crippen molar-refractivity contribution < 1.29 is 14.3 Å². The van der Waals surface area contributed by atoms with E-state index in [1.807, 2.05) is 18.7 Å². The highest BCUT2D eigenvalue weighted by molar-refractivity contribution is 5.78. The zero-order valence-electron chi connectivity index (χ0n) is 12.5. The second-order valence-electron chi connectivity index (χ2n) is 5.47. The Morgan fingerprint density at radius 1 is 1.21 bits per heavy atom. The van der Waals surface area contributed by atoms with Crippen LogP contribution in [-0.4, -0.2) is 36.5 Å². The van der Waals surface area contributed by atoms with E-state index in [-0.39, 0.29) is 17.8 Å². The van der Waals surface area contributed by atoms with Crippen LogP contribution in [0.1, 0.15) is 58.8 Å². The van der Waals surface area contributed by atoms with Gasteiger partial charge in [0, 0.05) is 19.0 Å². The van der Waals surface area contributed by atoms with Crippen molar-refractivity contribution in [1.82, 2.24) is 4.90 Å². The minimum atomic E-state index is -0.247. The predicted molar refractivity (Wildman–Crippen MR) is 74.7 cm³/mol. The first-order chi connectivity index (χ1) is 9.10. The van der Waals surface area contributed by atoms with Gasteiger partial charge in [0.05, 0.1) is 13.0 Å². The standard InChI is InChI=1S/C15H27NO3/c1-4-14(17)16(11-12(2)15(18)19-3)13-9-7-5-6-8-10-13/h12-13H,4-11H2,1-3H3. The van der Waals surface area contributed by atoms with Crippen LogP contribution >= 0.6 is 0 Å². The summed E-state index contributed by atoms with van der Waals surface area (Å²) in [4.78, 5) is 25.6. The molecule has 0 aliphatic heterocycles. The SMILES string of the molecule is CCC(=O)N(CC(C)C(=O)OC)C1CCCCCC1. The molecule has 1 unspecified atom stereocenters. The first-order valence-corrected chi connectivity index (χ1v) is 7.47. The molecule has 1 amide bonds. The van der Waals surface area contributed by atoms with Crippen molar-refractivity contribution in [3.8, 4) is 0 Å². The molecule has 1 rings (SSSR count).